The molecule has 9 rings (SSSR count). The molecule has 0 spiro atoms. The predicted molar refractivity (Wildman–Crippen MR) is 224 cm³/mol. The first kappa shape index (κ1) is 33.9. The molecule has 4 aromatic carbocycles. The maximum atomic E-state index is 7.15. The molecule has 54 heavy (non-hydrogen) atoms. The van der Waals surface area contributed by atoms with Crippen LogP contribution in [0, 0.1) is 17.8 Å². The SMILES string of the molecule is C/C(=C(\N)c1cccc2c3c(oc12)C=CC(C1C=Cc2oc4ccccc4c2C1)C3)C(C)/C(=N\C(C)c1ccc(C2C=CC=CC2)cc1)c1ccccc1. The van der Waals surface area contributed by atoms with Crippen molar-refractivity contribution >= 4 is 45.5 Å². The minimum atomic E-state index is -0.0283. The van der Waals surface area contributed by atoms with Crippen molar-refractivity contribution in [2.75, 3.05) is 0 Å². The Morgan fingerprint density at radius 3 is 2.15 bits per heavy atom. The second kappa shape index (κ2) is 14.2. The Morgan fingerprint density at radius 2 is 1.41 bits per heavy atom. The van der Waals surface area contributed by atoms with Gasteiger partial charge in [0.05, 0.1) is 6.04 Å². The molecule has 0 aliphatic heterocycles. The van der Waals surface area contributed by atoms with Crippen LogP contribution in [0.5, 0.6) is 0 Å². The van der Waals surface area contributed by atoms with E-state index in [1.807, 2.05) is 6.07 Å². The minimum Gasteiger partial charge on any atom is -0.456 e. The smallest absolute Gasteiger partial charge is 0.144 e. The molecule has 4 nitrogen and oxygen atoms in total. The monoisotopic (exact) mass is 706 g/mol. The fraction of sp³-hybridized carbons (Fsp3) is 0.220. The third-order valence-corrected chi connectivity index (χ3v) is 12.0. The zero-order valence-electron chi connectivity index (χ0n) is 31.2. The van der Waals surface area contributed by atoms with Crippen molar-refractivity contribution in [1.82, 2.24) is 0 Å². The van der Waals surface area contributed by atoms with E-state index in [1.165, 1.54) is 27.6 Å². The van der Waals surface area contributed by atoms with E-state index in [9.17, 15) is 0 Å². The second-order valence-corrected chi connectivity index (χ2v) is 15.2. The quantitative estimate of drug-likeness (QED) is 0.160. The molecule has 5 atom stereocenters. The van der Waals surface area contributed by atoms with Crippen molar-refractivity contribution in [3.63, 3.8) is 0 Å². The summed E-state index contributed by atoms with van der Waals surface area (Å²) < 4.78 is 12.8. The summed E-state index contributed by atoms with van der Waals surface area (Å²) in [7, 11) is 0. The first-order valence-electron chi connectivity index (χ1n) is 19.4. The Hall–Kier alpha value is -5.87. The van der Waals surface area contributed by atoms with Gasteiger partial charge >= 0.3 is 0 Å². The summed E-state index contributed by atoms with van der Waals surface area (Å²) in [5.74, 6) is 3.07. The number of nitrogens with zero attached hydrogens (tertiary/aromatic N) is 1. The lowest BCUT2D eigenvalue weighted by Crippen LogP contribution is -2.19. The summed E-state index contributed by atoms with van der Waals surface area (Å²) in [6, 6.07) is 34.3. The van der Waals surface area contributed by atoms with Gasteiger partial charge in [-0.05, 0) is 91.5 Å². The number of nitrogens with two attached hydrogens (primary N) is 1. The molecule has 2 aromatic heterocycles. The molecule has 6 aromatic rings. The first-order chi connectivity index (χ1) is 26.4. The molecule has 0 amide bonds. The van der Waals surface area contributed by atoms with E-state index in [4.69, 9.17) is 19.6 Å². The number of aliphatic imine (C=N–C) groups is 1. The third kappa shape index (κ3) is 6.20. The standard InChI is InChI=1S/C50H46N2O2/c1-31(32(2)49(37-15-8-5-9-16-37)52-33(3)34-21-23-36(24-22-34)35-13-6-4-7-14-35)48(51)42-19-12-18-41-44-30-39(26-28-47(44)54-50(41)42)38-25-27-46-43(29-38)40-17-10-11-20-45(40)53-46/h4-13,15-28,32-33,35,38-39H,14,29-30,51H2,1-3H3/b48-31+,52-49+. The number of hydrogen-bond acceptors (Lipinski definition) is 4. The van der Waals surface area contributed by atoms with Crippen molar-refractivity contribution in [2.24, 2.45) is 28.5 Å². The van der Waals surface area contributed by atoms with Gasteiger partial charge < -0.3 is 14.6 Å². The van der Waals surface area contributed by atoms with Crippen LogP contribution in [0.4, 0.5) is 0 Å². The van der Waals surface area contributed by atoms with Crippen LogP contribution in [-0.2, 0) is 12.8 Å². The van der Waals surface area contributed by atoms with Gasteiger partial charge in [0, 0.05) is 50.7 Å². The van der Waals surface area contributed by atoms with Crippen LogP contribution in [0.1, 0.15) is 84.1 Å². The normalized spacial score (nSPS) is 20.9. The summed E-state index contributed by atoms with van der Waals surface area (Å²) in [6.07, 6.45) is 20.7. The minimum absolute atomic E-state index is 0.0229. The molecular formula is C50H46N2O2. The number of benzene rings is 4. The number of allylic oxidation sites excluding steroid dienone is 7. The number of para-hydroxylation sites is 2. The van der Waals surface area contributed by atoms with Crippen molar-refractivity contribution < 1.29 is 8.83 Å². The third-order valence-electron chi connectivity index (χ3n) is 12.0. The average molecular weight is 707 g/mol. The van der Waals surface area contributed by atoms with Crippen LogP contribution in [0.3, 0.4) is 0 Å². The van der Waals surface area contributed by atoms with Crippen molar-refractivity contribution in [3.05, 3.63) is 184 Å². The lowest BCUT2D eigenvalue weighted by atomic mass is 9.77. The lowest BCUT2D eigenvalue weighted by Gasteiger charge is -2.26. The number of hydrogen-bond donors (Lipinski definition) is 1. The molecule has 2 heterocycles. The highest BCUT2D eigenvalue weighted by atomic mass is 16.3. The fourth-order valence-corrected chi connectivity index (χ4v) is 8.66. The maximum Gasteiger partial charge on any atom is 0.144 e. The van der Waals surface area contributed by atoms with Gasteiger partial charge in [0.25, 0.3) is 0 Å². The average Bonchev–Trinajstić information content (AvgIpc) is 3.80. The van der Waals surface area contributed by atoms with E-state index in [-0.39, 0.29) is 12.0 Å². The Morgan fingerprint density at radius 1 is 0.722 bits per heavy atom. The van der Waals surface area contributed by atoms with Crippen molar-refractivity contribution in [1.29, 1.82) is 0 Å². The fourth-order valence-electron chi connectivity index (χ4n) is 8.66. The summed E-state index contributed by atoms with van der Waals surface area (Å²) in [5.41, 5.74) is 19.0. The summed E-state index contributed by atoms with van der Waals surface area (Å²) in [5, 5.41) is 2.37. The molecule has 0 fully saturated rings. The van der Waals surface area contributed by atoms with Gasteiger partial charge in [0.1, 0.15) is 22.7 Å². The van der Waals surface area contributed by atoms with Gasteiger partial charge in [0.15, 0.2) is 0 Å². The highest BCUT2D eigenvalue weighted by Gasteiger charge is 2.30. The molecule has 0 bridgehead atoms. The van der Waals surface area contributed by atoms with E-state index in [0.29, 0.717) is 17.8 Å². The molecule has 3 aliphatic rings. The Kier molecular flexibility index (Phi) is 8.90. The number of fused-ring (bicyclic) bond motifs is 6. The van der Waals surface area contributed by atoms with Crippen LogP contribution >= 0.6 is 0 Å². The Bertz CT molecular complexity index is 2540. The molecule has 5 unspecified atom stereocenters. The van der Waals surface area contributed by atoms with Crippen LogP contribution < -0.4 is 5.73 Å². The van der Waals surface area contributed by atoms with Gasteiger partial charge in [-0.25, -0.2) is 0 Å². The van der Waals surface area contributed by atoms with Crippen LogP contribution in [0.2, 0.25) is 0 Å². The van der Waals surface area contributed by atoms with Gasteiger partial charge in [0.2, 0.25) is 0 Å². The molecule has 4 heteroatoms. The van der Waals surface area contributed by atoms with Gasteiger partial charge in [-0.1, -0.05) is 128 Å². The van der Waals surface area contributed by atoms with E-state index in [0.717, 1.165) is 75.4 Å². The zero-order valence-corrected chi connectivity index (χ0v) is 31.2. The molecule has 3 aliphatic carbocycles. The van der Waals surface area contributed by atoms with E-state index in [1.54, 1.807) is 0 Å². The van der Waals surface area contributed by atoms with Crippen molar-refractivity contribution in [2.45, 2.75) is 52.0 Å². The van der Waals surface area contributed by atoms with Gasteiger partial charge in [-0.15, -0.1) is 0 Å². The topological polar surface area (TPSA) is 64.7 Å². The zero-order chi connectivity index (χ0) is 36.8. The van der Waals surface area contributed by atoms with Crippen molar-refractivity contribution in [3.8, 4) is 0 Å². The molecular weight excluding hydrogens is 661 g/mol. The van der Waals surface area contributed by atoms with E-state index >= 15 is 0 Å². The highest BCUT2D eigenvalue weighted by molar-refractivity contribution is 6.05. The van der Waals surface area contributed by atoms with Crippen LogP contribution in [0.15, 0.2) is 153 Å². The first-order valence-corrected chi connectivity index (χ1v) is 19.4. The summed E-state index contributed by atoms with van der Waals surface area (Å²) >= 11 is 0. The summed E-state index contributed by atoms with van der Waals surface area (Å²) in [4.78, 5) is 5.41. The summed E-state index contributed by atoms with van der Waals surface area (Å²) in [6.45, 7) is 6.55. The Balaban J connectivity index is 1.000. The Labute approximate surface area is 317 Å². The maximum absolute atomic E-state index is 7.15. The molecule has 0 radical (unpaired) electrons. The molecule has 2 N–H and O–H groups in total. The van der Waals surface area contributed by atoms with E-state index < -0.39 is 0 Å². The number of furan rings is 2. The molecule has 268 valence electrons. The van der Waals surface area contributed by atoms with Crippen LogP contribution in [-0.4, -0.2) is 5.71 Å². The van der Waals surface area contributed by atoms with Gasteiger partial charge in [-0.3, -0.25) is 4.99 Å². The second-order valence-electron chi connectivity index (χ2n) is 15.2. The largest absolute Gasteiger partial charge is 0.456 e. The predicted octanol–water partition coefficient (Wildman–Crippen LogP) is 12.4. The molecule has 0 saturated carbocycles. The van der Waals surface area contributed by atoms with E-state index in [2.05, 4.69) is 160 Å². The number of rotatable bonds is 8. The molecule has 0 saturated heterocycles. The lowest BCUT2D eigenvalue weighted by molar-refractivity contribution is 0.454. The highest BCUT2D eigenvalue weighted by Crippen LogP contribution is 2.42. The van der Waals surface area contributed by atoms with Gasteiger partial charge in [-0.2, -0.15) is 0 Å². The van der Waals surface area contributed by atoms with Crippen LogP contribution in [0.25, 0.3) is 39.8 Å².